The molecule has 12 heavy (non-hydrogen) atoms. The third-order valence-electron chi connectivity index (χ3n) is 1.64. The van der Waals surface area contributed by atoms with Crippen molar-refractivity contribution >= 4 is 18.0 Å². The lowest BCUT2D eigenvalue weighted by Crippen LogP contribution is -1.88. The number of hydrogen-bond acceptors (Lipinski definition) is 3. The van der Waals surface area contributed by atoms with Crippen molar-refractivity contribution < 1.29 is 5.21 Å². The van der Waals surface area contributed by atoms with Crippen molar-refractivity contribution in [2.45, 2.75) is 11.8 Å². The largest absolute Gasteiger partial charge is 0.411 e. The Labute approximate surface area is 76.3 Å². The van der Waals surface area contributed by atoms with Crippen molar-refractivity contribution in [3.63, 3.8) is 0 Å². The third kappa shape index (κ3) is 1.80. The highest BCUT2D eigenvalue weighted by Gasteiger charge is 2.00. The van der Waals surface area contributed by atoms with Gasteiger partial charge in [0.2, 0.25) is 0 Å². The molecule has 1 N–H and O–H groups in total. The molecule has 0 bridgehead atoms. The average Bonchev–Trinajstić information content (AvgIpc) is 2.05. The molecule has 0 unspecified atom stereocenters. The van der Waals surface area contributed by atoms with Gasteiger partial charge in [0.05, 0.1) is 6.21 Å². The molecule has 2 nitrogen and oxygen atoms in total. The van der Waals surface area contributed by atoms with Gasteiger partial charge in [-0.2, -0.15) is 0 Å². The Bertz CT molecular complexity index is 297. The molecule has 3 heteroatoms. The van der Waals surface area contributed by atoms with E-state index in [1.54, 1.807) is 11.8 Å². The second-order valence-corrected chi connectivity index (χ2v) is 3.26. The van der Waals surface area contributed by atoms with E-state index in [0.29, 0.717) is 0 Å². The lowest BCUT2D eigenvalue weighted by atomic mass is 10.1. The van der Waals surface area contributed by atoms with Crippen molar-refractivity contribution in [3.8, 4) is 0 Å². The van der Waals surface area contributed by atoms with Crippen LogP contribution in [0.2, 0.25) is 0 Å². The standard InChI is InChI=1S/C9H11NOS/c1-7-4-3-5-8(6-10-11)9(7)12-2/h3-6,11H,1-2H3/b10-6+. The Morgan fingerprint density at radius 1 is 1.50 bits per heavy atom. The van der Waals surface area contributed by atoms with E-state index in [9.17, 15) is 0 Å². The van der Waals surface area contributed by atoms with Crippen LogP contribution >= 0.6 is 11.8 Å². The molecule has 64 valence electrons. The minimum atomic E-state index is 0.963. The molecule has 0 radical (unpaired) electrons. The summed E-state index contributed by atoms with van der Waals surface area (Å²) in [6.07, 6.45) is 3.47. The summed E-state index contributed by atoms with van der Waals surface area (Å²) in [7, 11) is 0. The van der Waals surface area contributed by atoms with Crippen LogP contribution in [-0.4, -0.2) is 17.7 Å². The Morgan fingerprint density at radius 2 is 2.25 bits per heavy atom. The summed E-state index contributed by atoms with van der Waals surface area (Å²) in [4.78, 5) is 1.16. The molecule has 0 saturated carbocycles. The summed E-state index contributed by atoms with van der Waals surface area (Å²) >= 11 is 1.66. The predicted molar refractivity (Wildman–Crippen MR) is 52.3 cm³/mol. The van der Waals surface area contributed by atoms with Gasteiger partial charge in [-0.1, -0.05) is 23.4 Å². The highest BCUT2D eigenvalue weighted by molar-refractivity contribution is 7.98. The minimum absolute atomic E-state index is 0.963. The lowest BCUT2D eigenvalue weighted by Gasteiger charge is -2.04. The Balaban J connectivity index is 3.18. The van der Waals surface area contributed by atoms with Gasteiger partial charge in [-0.25, -0.2) is 0 Å². The third-order valence-corrected chi connectivity index (χ3v) is 2.61. The summed E-state index contributed by atoms with van der Waals surface area (Å²) in [6.45, 7) is 2.04. The number of nitrogens with zero attached hydrogens (tertiary/aromatic N) is 1. The summed E-state index contributed by atoms with van der Waals surface area (Å²) in [6, 6.07) is 5.92. The molecular formula is C9H11NOS. The van der Waals surface area contributed by atoms with Crippen LogP contribution in [0.3, 0.4) is 0 Å². The first-order chi connectivity index (χ1) is 5.79. The van der Waals surface area contributed by atoms with E-state index in [4.69, 9.17) is 5.21 Å². The number of benzene rings is 1. The summed E-state index contributed by atoms with van der Waals surface area (Å²) in [5.74, 6) is 0. The normalized spacial score (nSPS) is 10.8. The Morgan fingerprint density at radius 3 is 2.83 bits per heavy atom. The molecule has 0 aliphatic heterocycles. The number of hydrogen-bond donors (Lipinski definition) is 1. The highest BCUT2D eigenvalue weighted by Crippen LogP contribution is 2.22. The maximum atomic E-state index is 8.39. The number of oxime groups is 1. The fraction of sp³-hybridized carbons (Fsp3) is 0.222. The van der Waals surface area contributed by atoms with E-state index >= 15 is 0 Å². The molecule has 0 amide bonds. The van der Waals surface area contributed by atoms with Gasteiger partial charge in [0.25, 0.3) is 0 Å². The first-order valence-electron chi connectivity index (χ1n) is 3.60. The Hall–Kier alpha value is -0.960. The molecule has 1 aromatic carbocycles. The van der Waals surface area contributed by atoms with Crippen molar-refractivity contribution in [1.29, 1.82) is 0 Å². The zero-order chi connectivity index (χ0) is 8.97. The van der Waals surface area contributed by atoms with Gasteiger partial charge >= 0.3 is 0 Å². The van der Waals surface area contributed by atoms with Crippen LogP contribution in [0, 0.1) is 6.92 Å². The van der Waals surface area contributed by atoms with Gasteiger partial charge in [0, 0.05) is 10.5 Å². The zero-order valence-corrected chi connectivity index (χ0v) is 7.93. The van der Waals surface area contributed by atoms with E-state index in [2.05, 4.69) is 5.16 Å². The van der Waals surface area contributed by atoms with Gasteiger partial charge in [0.1, 0.15) is 0 Å². The number of aryl methyl sites for hydroxylation is 1. The molecule has 0 fully saturated rings. The number of thioether (sulfide) groups is 1. The molecule has 0 atom stereocenters. The molecule has 1 aromatic rings. The van der Waals surface area contributed by atoms with Crippen LogP contribution in [0.5, 0.6) is 0 Å². The fourth-order valence-corrected chi connectivity index (χ4v) is 1.86. The van der Waals surface area contributed by atoms with Gasteiger partial charge in [0.15, 0.2) is 0 Å². The summed E-state index contributed by atoms with van der Waals surface area (Å²) in [5.41, 5.74) is 2.17. The first-order valence-corrected chi connectivity index (χ1v) is 4.83. The molecule has 0 heterocycles. The SMILES string of the molecule is CSc1c(C)cccc1/C=N/O. The second-order valence-electron chi connectivity index (χ2n) is 2.44. The van der Waals surface area contributed by atoms with Crippen LogP contribution in [0.25, 0.3) is 0 Å². The lowest BCUT2D eigenvalue weighted by molar-refractivity contribution is 0.322. The van der Waals surface area contributed by atoms with Crippen molar-refractivity contribution in [2.75, 3.05) is 6.26 Å². The molecule has 0 saturated heterocycles. The molecule has 1 rings (SSSR count). The summed E-state index contributed by atoms with van der Waals surface area (Å²) < 4.78 is 0. The van der Waals surface area contributed by atoms with Crippen LogP contribution in [0.4, 0.5) is 0 Å². The maximum Gasteiger partial charge on any atom is 0.0745 e. The van der Waals surface area contributed by atoms with Crippen LogP contribution in [0.15, 0.2) is 28.3 Å². The molecule has 0 aromatic heterocycles. The average molecular weight is 181 g/mol. The smallest absolute Gasteiger partial charge is 0.0745 e. The van der Waals surface area contributed by atoms with Crippen LogP contribution in [-0.2, 0) is 0 Å². The quantitative estimate of drug-likeness (QED) is 0.329. The van der Waals surface area contributed by atoms with Gasteiger partial charge < -0.3 is 5.21 Å². The van der Waals surface area contributed by atoms with Gasteiger partial charge in [-0.3, -0.25) is 0 Å². The molecule has 0 spiro atoms. The van der Waals surface area contributed by atoms with Gasteiger partial charge in [-0.05, 0) is 18.7 Å². The van der Waals surface area contributed by atoms with E-state index in [-0.39, 0.29) is 0 Å². The van der Waals surface area contributed by atoms with Crippen molar-refractivity contribution in [2.24, 2.45) is 5.16 Å². The molecule has 0 aliphatic carbocycles. The number of rotatable bonds is 2. The molecule has 0 aliphatic rings. The van der Waals surface area contributed by atoms with E-state index < -0.39 is 0 Å². The second kappa shape index (κ2) is 4.16. The zero-order valence-electron chi connectivity index (χ0n) is 7.11. The van der Waals surface area contributed by atoms with Gasteiger partial charge in [-0.15, -0.1) is 11.8 Å². The fourth-order valence-electron chi connectivity index (χ4n) is 1.12. The predicted octanol–water partition coefficient (Wildman–Crippen LogP) is 2.53. The van der Waals surface area contributed by atoms with E-state index in [0.717, 1.165) is 10.5 Å². The van der Waals surface area contributed by atoms with Crippen LogP contribution in [0.1, 0.15) is 11.1 Å². The topological polar surface area (TPSA) is 32.6 Å². The van der Waals surface area contributed by atoms with Crippen molar-refractivity contribution in [1.82, 2.24) is 0 Å². The molecular weight excluding hydrogens is 170 g/mol. The van der Waals surface area contributed by atoms with E-state index in [1.165, 1.54) is 11.8 Å². The Kier molecular flexibility index (Phi) is 3.17. The van der Waals surface area contributed by atoms with E-state index in [1.807, 2.05) is 31.4 Å². The summed E-state index contributed by atoms with van der Waals surface area (Å²) in [5, 5.41) is 11.4. The highest BCUT2D eigenvalue weighted by atomic mass is 32.2. The first kappa shape index (κ1) is 9.13. The van der Waals surface area contributed by atoms with Crippen LogP contribution < -0.4 is 0 Å². The minimum Gasteiger partial charge on any atom is -0.411 e. The monoisotopic (exact) mass is 181 g/mol. The maximum absolute atomic E-state index is 8.39. The van der Waals surface area contributed by atoms with Crippen molar-refractivity contribution in [3.05, 3.63) is 29.3 Å².